The fraction of sp³-hybridized carbons (Fsp3) is 0.182. The number of nitrogens with one attached hydrogen (secondary N) is 3. The van der Waals surface area contributed by atoms with Gasteiger partial charge in [0.25, 0.3) is 0 Å². The molecule has 0 saturated carbocycles. The largest absolute Gasteiger partial charge is 0.385 e. The zero-order valence-electron chi connectivity index (χ0n) is 23.8. The van der Waals surface area contributed by atoms with E-state index < -0.39 is 0 Å². The topological polar surface area (TPSA) is 74.8 Å². The van der Waals surface area contributed by atoms with Crippen molar-refractivity contribution in [3.05, 3.63) is 106 Å². The molecular formula is C33H33Cl3N6. The van der Waals surface area contributed by atoms with E-state index in [1.165, 1.54) is 5.39 Å². The monoisotopic (exact) mass is 618 g/mol. The van der Waals surface area contributed by atoms with Crippen LogP contribution in [0.1, 0.15) is 20.8 Å². The molecular weight excluding hydrogens is 587 g/mol. The quantitative estimate of drug-likeness (QED) is 0.161. The van der Waals surface area contributed by atoms with E-state index in [4.69, 9.17) is 34.8 Å². The number of hydrogen-bond acceptors (Lipinski definition) is 6. The molecule has 0 amide bonds. The van der Waals surface area contributed by atoms with Gasteiger partial charge < -0.3 is 16.0 Å². The van der Waals surface area contributed by atoms with E-state index >= 15 is 0 Å². The van der Waals surface area contributed by atoms with Crippen LogP contribution in [0.25, 0.3) is 32.7 Å². The number of aromatic nitrogens is 3. The van der Waals surface area contributed by atoms with Crippen LogP contribution in [0.2, 0.25) is 15.2 Å². The van der Waals surface area contributed by atoms with E-state index in [1.54, 1.807) is 12.1 Å². The van der Waals surface area contributed by atoms with Crippen LogP contribution < -0.4 is 16.0 Å². The van der Waals surface area contributed by atoms with Crippen LogP contribution in [0.15, 0.2) is 91.0 Å². The Morgan fingerprint density at radius 3 is 1.45 bits per heavy atom. The Balaban J connectivity index is 0.000000146. The van der Waals surface area contributed by atoms with Gasteiger partial charge >= 0.3 is 0 Å². The molecule has 0 atom stereocenters. The SMILES string of the molecule is CCNc1ccc2cc(Cl)ccc2n1.CCNc1ccc2nc(NCC)ccc2c1.Clc1ccc2nc(Cl)ccc2c1. The van der Waals surface area contributed by atoms with E-state index in [-0.39, 0.29) is 0 Å². The predicted octanol–water partition coefficient (Wildman–Crippen LogP) is 9.96. The molecule has 6 rings (SSSR count). The molecule has 42 heavy (non-hydrogen) atoms. The van der Waals surface area contributed by atoms with E-state index in [9.17, 15) is 0 Å². The van der Waals surface area contributed by atoms with Gasteiger partial charge in [0.2, 0.25) is 0 Å². The van der Waals surface area contributed by atoms with Gasteiger partial charge in [-0.15, -0.1) is 0 Å². The number of rotatable bonds is 6. The van der Waals surface area contributed by atoms with Gasteiger partial charge in [0.1, 0.15) is 16.8 Å². The van der Waals surface area contributed by atoms with Gasteiger partial charge in [0.05, 0.1) is 16.6 Å². The van der Waals surface area contributed by atoms with Crippen molar-refractivity contribution in [2.24, 2.45) is 0 Å². The number of pyridine rings is 3. The second-order valence-corrected chi connectivity index (χ2v) is 10.5. The number of halogens is 3. The summed E-state index contributed by atoms with van der Waals surface area (Å²) in [5.41, 5.74) is 4.01. The summed E-state index contributed by atoms with van der Waals surface area (Å²) in [6, 6.07) is 29.2. The van der Waals surface area contributed by atoms with Gasteiger partial charge in [-0.25, -0.2) is 15.0 Å². The van der Waals surface area contributed by atoms with Crippen LogP contribution in [0.3, 0.4) is 0 Å². The van der Waals surface area contributed by atoms with Crippen LogP contribution in [-0.2, 0) is 0 Å². The molecule has 0 fully saturated rings. The van der Waals surface area contributed by atoms with Gasteiger partial charge in [0, 0.05) is 51.5 Å². The molecule has 3 aromatic heterocycles. The van der Waals surface area contributed by atoms with Crippen molar-refractivity contribution in [3.63, 3.8) is 0 Å². The molecule has 0 bridgehead atoms. The van der Waals surface area contributed by atoms with Crippen molar-refractivity contribution in [2.45, 2.75) is 20.8 Å². The molecule has 0 saturated heterocycles. The highest BCUT2D eigenvalue weighted by molar-refractivity contribution is 6.32. The third-order valence-electron chi connectivity index (χ3n) is 6.05. The highest BCUT2D eigenvalue weighted by Crippen LogP contribution is 2.21. The minimum atomic E-state index is 0.504. The molecule has 0 aliphatic carbocycles. The molecule has 3 heterocycles. The smallest absolute Gasteiger partial charge is 0.129 e. The first-order valence-electron chi connectivity index (χ1n) is 13.8. The first kappa shape index (κ1) is 31.1. The summed E-state index contributed by atoms with van der Waals surface area (Å²) >= 11 is 17.4. The van der Waals surface area contributed by atoms with Gasteiger partial charge in [-0.05, 0) is 112 Å². The molecule has 0 aliphatic rings. The van der Waals surface area contributed by atoms with Crippen molar-refractivity contribution >= 4 is 84.8 Å². The van der Waals surface area contributed by atoms with E-state index in [2.05, 4.69) is 62.9 Å². The highest BCUT2D eigenvalue weighted by Gasteiger charge is 2.00. The predicted molar refractivity (Wildman–Crippen MR) is 183 cm³/mol. The normalized spacial score (nSPS) is 10.4. The Labute approximate surface area is 261 Å². The van der Waals surface area contributed by atoms with Gasteiger partial charge in [-0.1, -0.05) is 34.8 Å². The lowest BCUT2D eigenvalue weighted by Gasteiger charge is -2.06. The summed E-state index contributed by atoms with van der Waals surface area (Å²) in [5.74, 6) is 1.84. The van der Waals surface area contributed by atoms with Gasteiger partial charge in [-0.3, -0.25) is 0 Å². The van der Waals surface area contributed by atoms with Crippen molar-refractivity contribution in [1.82, 2.24) is 15.0 Å². The average Bonchev–Trinajstić information content (AvgIpc) is 2.99. The summed E-state index contributed by atoms with van der Waals surface area (Å²) in [6.45, 7) is 8.93. The first-order valence-corrected chi connectivity index (χ1v) is 14.9. The van der Waals surface area contributed by atoms with Crippen LogP contribution >= 0.6 is 34.8 Å². The molecule has 3 N–H and O–H groups in total. The summed E-state index contributed by atoms with van der Waals surface area (Å²) in [6.07, 6.45) is 0. The maximum atomic E-state index is 5.88. The number of benzene rings is 3. The number of anilines is 3. The third-order valence-corrected chi connectivity index (χ3v) is 6.74. The minimum Gasteiger partial charge on any atom is -0.385 e. The average molecular weight is 620 g/mol. The van der Waals surface area contributed by atoms with Crippen LogP contribution in [-0.4, -0.2) is 34.6 Å². The van der Waals surface area contributed by atoms with Crippen molar-refractivity contribution in [3.8, 4) is 0 Å². The zero-order chi connectivity index (χ0) is 29.9. The summed E-state index contributed by atoms with van der Waals surface area (Å²) < 4.78 is 0. The first-order chi connectivity index (χ1) is 20.4. The number of fused-ring (bicyclic) bond motifs is 3. The summed E-state index contributed by atoms with van der Waals surface area (Å²) in [5, 5.41) is 14.9. The fourth-order valence-corrected chi connectivity index (χ4v) is 4.68. The van der Waals surface area contributed by atoms with Crippen molar-refractivity contribution < 1.29 is 0 Å². The second-order valence-electron chi connectivity index (χ2n) is 9.20. The maximum Gasteiger partial charge on any atom is 0.129 e. The Morgan fingerprint density at radius 2 is 0.929 bits per heavy atom. The van der Waals surface area contributed by atoms with E-state index in [1.807, 2.05) is 67.6 Å². The summed E-state index contributed by atoms with van der Waals surface area (Å²) in [4.78, 5) is 13.1. The number of hydrogen-bond donors (Lipinski definition) is 3. The van der Waals surface area contributed by atoms with E-state index in [0.29, 0.717) is 10.2 Å². The lowest BCUT2D eigenvalue weighted by molar-refractivity contribution is 1.17. The maximum absolute atomic E-state index is 5.88. The Morgan fingerprint density at radius 1 is 0.476 bits per heavy atom. The second kappa shape index (κ2) is 15.4. The molecule has 9 heteroatoms. The Bertz CT molecular complexity index is 1690. The van der Waals surface area contributed by atoms with Crippen molar-refractivity contribution in [1.29, 1.82) is 0 Å². The minimum absolute atomic E-state index is 0.504. The molecule has 0 spiro atoms. The number of nitrogens with zero attached hydrogens (tertiary/aromatic N) is 3. The molecule has 0 radical (unpaired) electrons. The third kappa shape index (κ3) is 8.83. The lowest BCUT2D eigenvalue weighted by Crippen LogP contribution is -1.99. The van der Waals surface area contributed by atoms with Gasteiger partial charge in [-0.2, -0.15) is 0 Å². The van der Waals surface area contributed by atoms with Crippen LogP contribution in [0, 0.1) is 0 Å². The molecule has 3 aromatic carbocycles. The van der Waals surface area contributed by atoms with Crippen molar-refractivity contribution in [2.75, 3.05) is 35.6 Å². The molecule has 0 unspecified atom stereocenters. The van der Waals surface area contributed by atoms with Gasteiger partial charge in [0.15, 0.2) is 0 Å². The van der Waals surface area contributed by atoms with Crippen LogP contribution in [0.5, 0.6) is 0 Å². The molecule has 6 aromatic rings. The standard InChI is InChI=1S/C13H17N3.C11H11ClN2.C9H5Cl2N/c1-3-14-11-6-7-12-10(9-11)5-8-13(16-12)15-4-2;1-2-13-11-6-3-8-7-9(12)4-5-10(8)14-11;10-7-2-3-8-6(5-7)1-4-9(11)12-8/h5-9,14H,3-4H2,1-2H3,(H,15,16);3-7H,2H2,1H3,(H,13,14);1-5H. The van der Waals surface area contributed by atoms with E-state index in [0.717, 1.165) is 69.3 Å². The molecule has 6 nitrogen and oxygen atoms in total. The van der Waals surface area contributed by atoms with Crippen LogP contribution in [0.4, 0.5) is 17.3 Å². The highest BCUT2D eigenvalue weighted by atomic mass is 35.5. The Hall–Kier alpha value is -3.84. The molecule has 216 valence electrons. The Kier molecular flexibility index (Phi) is 11.4. The lowest BCUT2D eigenvalue weighted by atomic mass is 10.2. The fourth-order valence-electron chi connectivity index (χ4n) is 4.17. The molecule has 0 aliphatic heterocycles. The zero-order valence-corrected chi connectivity index (χ0v) is 26.0. The summed E-state index contributed by atoms with van der Waals surface area (Å²) in [7, 11) is 0.